The van der Waals surface area contributed by atoms with E-state index in [0.717, 1.165) is 35.8 Å². The number of anilines is 3. The van der Waals surface area contributed by atoms with Gasteiger partial charge in [0.05, 0.1) is 6.33 Å². The van der Waals surface area contributed by atoms with Gasteiger partial charge in [-0.15, -0.1) is 0 Å². The molecule has 0 saturated heterocycles. The van der Waals surface area contributed by atoms with Crippen LogP contribution >= 0.6 is 0 Å². The fraction of sp³-hybridized carbons (Fsp3) is 0.524. The fourth-order valence-electron chi connectivity index (χ4n) is 3.45. The van der Waals surface area contributed by atoms with Gasteiger partial charge in [0.25, 0.3) is 0 Å². The Hall–Kier alpha value is -2.74. The highest BCUT2D eigenvalue weighted by Gasteiger charge is 2.16. The average Bonchev–Trinajstić information content (AvgIpc) is 3.09. The van der Waals surface area contributed by atoms with Gasteiger partial charge in [-0.1, -0.05) is 0 Å². The lowest BCUT2D eigenvalue weighted by atomic mass is 10.2. The Morgan fingerprint density at radius 1 is 1.00 bits per heavy atom. The van der Waals surface area contributed by atoms with Crippen LogP contribution in [0.3, 0.4) is 0 Å². The van der Waals surface area contributed by atoms with E-state index in [1.165, 1.54) is 0 Å². The Balaban J connectivity index is 1.88. The van der Waals surface area contributed by atoms with E-state index >= 15 is 0 Å². The number of imidazole rings is 1. The van der Waals surface area contributed by atoms with Crippen molar-refractivity contribution in [3.05, 3.63) is 30.9 Å². The van der Waals surface area contributed by atoms with E-state index in [2.05, 4.69) is 71.6 Å². The number of hydrogen-bond acceptors (Lipinski definition) is 7. The third-order valence-electron chi connectivity index (χ3n) is 4.90. The molecule has 0 aliphatic heterocycles. The number of pyridine rings is 1. The van der Waals surface area contributed by atoms with Gasteiger partial charge in [-0.3, -0.25) is 9.88 Å². The smallest absolute Gasteiger partial charge is 0.231 e. The molecule has 8 heteroatoms. The van der Waals surface area contributed by atoms with E-state index in [0.29, 0.717) is 18.0 Å². The number of nitrogens with zero attached hydrogens (tertiary/aromatic N) is 6. The molecule has 8 nitrogen and oxygen atoms in total. The minimum atomic E-state index is 0.258. The lowest BCUT2D eigenvalue weighted by Gasteiger charge is -2.30. The summed E-state index contributed by atoms with van der Waals surface area (Å²) in [5.41, 5.74) is 2.50. The molecular formula is C21H32N8. The van der Waals surface area contributed by atoms with Gasteiger partial charge in [-0.2, -0.15) is 9.97 Å². The lowest BCUT2D eigenvalue weighted by molar-refractivity contribution is 0.182. The summed E-state index contributed by atoms with van der Waals surface area (Å²) in [7, 11) is 0. The van der Waals surface area contributed by atoms with Crippen LogP contribution in [-0.4, -0.2) is 54.6 Å². The standard InChI is InChI=1S/C21H32N8/c1-14(2)28(15(3)4)12-11-23-19-18-20(29(13-24-18)16(5)6)27-21(26-19)25-17-7-9-22-10-8-17/h7-10,13-16H,11-12H2,1-6H3,(H2,22,23,25,26,27). The first-order valence-electron chi connectivity index (χ1n) is 10.3. The predicted octanol–water partition coefficient (Wildman–Crippen LogP) is 4.08. The summed E-state index contributed by atoms with van der Waals surface area (Å²) in [5, 5.41) is 6.76. The molecule has 0 aliphatic rings. The number of aromatic nitrogens is 5. The van der Waals surface area contributed by atoms with Crippen LogP contribution in [0.5, 0.6) is 0 Å². The maximum absolute atomic E-state index is 4.72. The second-order valence-corrected chi connectivity index (χ2v) is 8.03. The first-order chi connectivity index (χ1) is 13.9. The first kappa shape index (κ1) is 21.0. The molecule has 3 heterocycles. The average molecular weight is 397 g/mol. The number of rotatable bonds is 9. The molecule has 0 radical (unpaired) electrons. The molecule has 0 bridgehead atoms. The van der Waals surface area contributed by atoms with Gasteiger partial charge in [-0.25, -0.2) is 4.98 Å². The third kappa shape index (κ3) is 5.00. The number of hydrogen-bond donors (Lipinski definition) is 2. The van der Waals surface area contributed by atoms with Crippen molar-refractivity contribution in [2.45, 2.75) is 59.7 Å². The lowest BCUT2D eigenvalue weighted by Crippen LogP contribution is -2.40. The molecule has 2 N–H and O–H groups in total. The maximum atomic E-state index is 4.72. The monoisotopic (exact) mass is 396 g/mol. The molecule has 0 fully saturated rings. The van der Waals surface area contributed by atoms with Crippen molar-refractivity contribution in [3.8, 4) is 0 Å². The number of nitrogens with one attached hydrogen (secondary N) is 2. The molecule has 3 aromatic heterocycles. The van der Waals surface area contributed by atoms with E-state index in [9.17, 15) is 0 Å². The van der Waals surface area contributed by atoms with E-state index in [-0.39, 0.29) is 6.04 Å². The van der Waals surface area contributed by atoms with Gasteiger partial charge in [0.1, 0.15) is 0 Å². The molecule has 0 saturated carbocycles. The van der Waals surface area contributed by atoms with Crippen molar-refractivity contribution < 1.29 is 0 Å². The van der Waals surface area contributed by atoms with Gasteiger partial charge in [0, 0.05) is 49.3 Å². The molecule has 29 heavy (non-hydrogen) atoms. The quantitative estimate of drug-likeness (QED) is 0.564. The fourth-order valence-corrected chi connectivity index (χ4v) is 3.45. The van der Waals surface area contributed by atoms with Crippen LogP contribution < -0.4 is 10.6 Å². The zero-order chi connectivity index (χ0) is 21.0. The van der Waals surface area contributed by atoms with Crippen molar-refractivity contribution >= 4 is 28.6 Å². The SMILES string of the molecule is CC(C)N(CCNc1nc(Nc2ccncc2)nc2c1ncn2C(C)C)C(C)C. The zero-order valence-electron chi connectivity index (χ0n) is 18.2. The Labute approximate surface area is 172 Å². The van der Waals surface area contributed by atoms with Gasteiger partial charge in [0.2, 0.25) is 5.95 Å². The van der Waals surface area contributed by atoms with Crippen molar-refractivity contribution in [1.82, 2.24) is 29.4 Å². The molecule has 156 valence electrons. The summed E-state index contributed by atoms with van der Waals surface area (Å²) in [6, 6.07) is 5.03. The molecule has 0 atom stereocenters. The van der Waals surface area contributed by atoms with Crippen LogP contribution in [0.25, 0.3) is 11.2 Å². The Morgan fingerprint density at radius 2 is 1.69 bits per heavy atom. The van der Waals surface area contributed by atoms with Gasteiger partial charge < -0.3 is 15.2 Å². The third-order valence-corrected chi connectivity index (χ3v) is 4.90. The van der Waals surface area contributed by atoms with Crippen LogP contribution in [0.1, 0.15) is 47.6 Å². The topological polar surface area (TPSA) is 83.8 Å². The van der Waals surface area contributed by atoms with Crippen LogP contribution in [0.2, 0.25) is 0 Å². The van der Waals surface area contributed by atoms with Crippen LogP contribution in [0.4, 0.5) is 17.5 Å². The van der Waals surface area contributed by atoms with Crippen LogP contribution in [0, 0.1) is 0 Å². The molecule has 0 spiro atoms. The Bertz CT molecular complexity index is 909. The zero-order valence-corrected chi connectivity index (χ0v) is 18.2. The van der Waals surface area contributed by atoms with E-state index in [1.54, 1.807) is 12.4 Å². The Kier molecular flexibility index (Phi) is 6.64. The molecular weight excluding hydrogens is 364 g/mol. The molecule has 0 amide bonds. The second kappa shape index (κ2) is 9.17. The largest absolute Gasteiger partial charge is 0.367 e. The highest BCUT2D eigenvalue weighted by molar-refractivity contribution is 5.84. The summed E-state index contributed by atoms with van der Waals surface area (Å²) in [6.07, 6.45) is 5.32. The maximum Gasteiger partial charge on any atom is 0.231 e. The highest BCUT2D eigenvalue weighted by Crippen LogP contribution is 2.24. The summed E-state index contributed by atoms with van der Waals surface area (Å²) < 4.78 is 2.06. The van der Waals surface area contributed by atoms with Crippen molar-refractivity contribution in [3.63, 3.8) is 0 Å². The highest BCUT2D eigenvalue weighted by atomic mass is 15.2. The summed E-state index contributed by atoms with van der Waals surface area (Å²) in [6.45, 7) is 14.9. The van der Waals surface area contributed by atoms with Gasteiger partial charge >= 0.3 is 0 Å². The summed E-state index contributed by atoms with van der Waals surface area (Å²) in [5.74, 6) is 1.29. The molecule has 3 rings (SSSR count). The van der Waals surface area contributed by atoms with E-state index in [4.69, 9.17) is 9.97 Å². The van der Waals surface area contributed by atoms with E-state index in [1.807, 2.05) is 18.5 Å². The summed E-state index contributed by atoms with van der Waals surface area (Å²) in [4.78, 5) is 20.5. The van der Waals surface area contributed by atoms with Crippen molar-refractivity contribution in [1.29, 1.82) is 0 Å². The van der Waals surface area contributed by atoms with E-state index < -0.39 is 0 Å². The molecule has 0 aliphatic carbocycles. The summed E-state index contributed by atoms with van der Waals surface area (Å²) >= 11 is 0. The van der Waals surface area contributed by atoms with Gasteiger partial charge in [-0.05, 0) is 53.7 Å². The molecule has 0 unspecified atom stereocenters. The normalized spacial score (nSPS) is 11.9. The van der Waals surface area contributed by atoms with Crippen molar-refractivity contribution in [2.75, 3.05) is 23.7 Å². The Morgan fingerprint density at radius 3 is 2.31 bits per heavy atom. The minimum absolute atomic E-state index is 0.258. The molecule has 3 aromatic rings. The molecule has 0 aromatic carbocycles. The second-order valence-electron chi connectivity index (χ2n) is 8.03. The van der Waals surface area contributed by atoms with Crippen molar-refractivity contribution in [2.24, 2.45) is 0 Å². The predicted molar refractivity (Wildman–Crippen MR) is 119 cm³/mol. The minimum Gasteiger partial charge on any atom is -0.367 e. The first-order valence-corrected chi connectivity index (χ1v) is 10.3. The van der Waals surface area contributed by atoms with Gasteiger partial charge in [0.15, 0.2) is 17.0 Å². The van der Waals surface area contributed by atoms with Crippen LogP contribution in [-0.2, 0) is 0 Å². The van der Waals surface area contributed by atoms with Crippen LogP contribution in [0.15, 0.2) is 30.9 Å². The number of fused-ring (bicyclic) bond motifs is 1.